The van der Waals surface area contributed by atoms with Gasteiger partial charge < -0.3 is 5.11 Å². The lowest BCUT2D eigenvalue weighted by Gasteiger charge is -2.38. The zero-order valence-corrected chi connectivity index (χ0v) is 13.8. The first kappa shape index (κ1) is 16.6. The SMILES string of the molecule is C[C@H]1CC[C@@H]([C@](O)(C(=O)c2ccccc2)c2ccccc2)C(=O)C1. The van der Waals surface area contributed by atoms with Crippen molar-refractivity contribution in [3.63, 3.8) is 0 Å². The minimum Gasteiger partial charge on any atom is -0.376 e. The Morgan fingerprint density at radius 3 is 2.17 bits per heavy atom. The summed E-state index contributed by atoms with van der Waals surface area (Å²) in [6.45, 7) is 2.04. The summed E-state index contributed by atoms with van der Waals surface area (Å²) in [5, 5.41) is 11.5. The van der Waals surface area contributed by atoms with Crippen LogP contribution in [0.4, 0.5) is 0 Å². The van der Waals surface area contributed by atoms with E-state index in [0.717, 1.165) is 6.42 Å². The lowest BCUT2D eigenvalue weighted by Crippen LogP contribution is -2.48. The lowest BCUT2D eigenvalue weighted by molar-refractivity contribution is -0.134. The van der Waals surface area contributed by atoms with Crippen molar-refractivity contribution in [2.24, 2.45) is 11.8 Å². The number of rotatable bonds is 4. The van der Waals surface area contributed by atoms with Gasteiger partial charge in [0.2, 0.25) is 0 Å². The van der Waals surface area contributed by atoms with Gasteiger partial charge in [0.1, 0.15) is 5.78 Å². The van der Waals surface area contributed by atoms with Gasteiger partial charge in [-0.2, -0.15) is 0 Å². The maximum atomic E-state index is 13.2. The van der Waals surface area contributed by atoms with Gasteiger partial charge in [0.25, 0.3) is 0 Å². The minimum atomic E-state index is -1.81. The maximum absolute atomic E-state index is 13.2. The third-order valence-electron chi connectivity index (χ3n) is 4.99. The van der Waals surface area contributed by atoms with Gasteiger partial charge in [-0.05, 0) is 24.3 Å². The molecule has 1 N–H and O–H groups in total. The Labute approximate surface area is 142 Å². The Balaban J connectivity index is 2.08. The molecule has 0 unspecified atom stereocenters. The standard InChI is InChI=1S/C21H22O3/c1-15-12-13-18(19(22)14-15)21(24,17-10-6-3-7-11-17)20(23)16-8-4-2-5-9-16/h2-11,15,18,24H,12-14H2,1H3/t15-,18+,21-/m0/s1. The summed E-state index contributed by atoms with van der Waals surface area (Å²) in [6.07, 6.45) is 1.79. The second-order valence-corrected chi connectivity index (χ2v) is 6.73. The van der Waals surface area contributed by atoms with Crippen molar-refractivity contribution in [2.75, 3.05) is 0 Å². The highest BCUT2D eigenvalue weighted by molar-refractivity contribution is 6.06. The molecule has 3 rings (SSSR count). The highest BCUT2D eigenvalue weighted by atomic mass is 16.3. The van der Waals surface area contributed by atoms with Crippen LogP contribution < -0.4 is 0 Å². The molecule has 0 spiro atoms. The van der Waals surface area contributed by atoms with Crippen LogP contribution in [-0.4, -0.2) is 16.7 Å². The number of aliphatic hydroxyl groups is 1. The molecule has 3 atom stereocenters. The van der Waals surface area contributed by atoms with Crippen LogP contribution in [0.25, 0.3) is 0 Å². The van der Waals surface area contributed by atoms with E-state index in [-0.39, 0.29) is 5.78 Å². The van der Waals surface area contributed by atoms with E-state index in [1.165, 1.54) is 0 Å². The maximum Gasteiger partial charge on any atom is 0.199 e. The fourth-order valence-electron chi connectivity index (χ4n) is 3.63. The van der Waals surface area contributed by atoms with E-state index < -0.39 is 17.3 Å². The Kier molecular flexibility index (Phi) is 4.63. The van der Waals surface area contributed by atoms with Crippen molar-refractivity contribution in [3.05, 3.63) is 71.8 Å². The highest BCUT2D eigenvalue weighted by Gasteiger charge is 2.49. The summed E-state index contributed by atoms with van der Waals surface area (Å²) in [5.74, 6) is -0.809. The van der Waals surface area contributed by atoms with Crippen LogP contribution in [-0.2, 0) is 10.4 Å². The third kappa shape index (κ3) is 2.92. The van der Waals surface area contributed by atoms with Gasteiger partial charge in [0, 0.05) is 12.0 Å². The Morgan fingerprint density at radius 2 is 1.58 bits per heavy atom. The number of hydrogen-bond acceptors (Lipinski definition) is 3. The van der Waals surface area contributed by atoms with E-state index in [1.54, 1.807) is 48.5 Å². The zero-order valence-electron chi connectivity index (χ0n) is 13.8. The molecule has 1 saturated carbocycles. The molecule has 3 heteroatoms. The number of benzene rings is 2. The van der Waals surface area contributed by atoms with Gasteiger partial charge in [-0.25, -0.2) is 0 Å². The van der Waals surface area contributed by atoms with Crippen molar-refractivity contribution in [1.29, 1.82) is 0 Å². The second-order valence-electron chi connectivity index (χ2n) is 6.73. The third-order valence-corrected chi connectivity index (χ3v) is 4.99. The van der Waals surface area contributed by atoms with Gasteiger partial charge in [0.15, 0.2) is 11.4 Å². The van der Waals surface area contributed by atoms with Gasteiger partial charge in [0.05, 0.1) is 5.92 Å². The van der Waals surface area contributed by atoms with Gasteiger partial charge in [-0.1, -0.05) is 67.6 Å². The van der Waals surface area contributed by atoms with Crippen LogP contribution in [0.15, 0.2) is 60.7 Å². The van der Waals surface area contributed by atoms with Gasteiger partial charge >= 0.3 is 0 Å². The van der Waals surface area contributed by atoms with Crippen molar-refractivity contribution >= 4 is 11.6 Å². The van der Waals surface area contributed by atoms with Gasteiger partial charge in [-0.3, -0.25) is 9.59 Å². The molecule has 0 bridgehead atoms. The molecule has 0 heterocycles. The molecule has 0 aliphatic heterocycles. The van der Waals surface area contributed by atoms with E-state index >= 15 is 0 Å². The molecular weight excluding hydrogens is 300 g/mol. The van der Waals surface area contributed by atoms with Crippen LogP contribution in [0.5, 0.6) is 0 Å². The molecule has 0 radical (unpaired) electrons. The molecule has 1 aliphatic carbocycles. The number of carbonyl (C=O) groups is 2. The molecule has 0 saturated heterocycles. The molecule has 0 aromatic heterocycles. The highest BCUT2D eigenvalue weighted by Crippen LogP contribution is 2.41. The van der Waals surface area contributed by atoms with E-state index in [1.807, 2.05) is 19.1 Å². The van der Waals surface area contributed by atoms with Gasteiger partial charge in [-0.15, -0.1) is 0 Å². The summed E-state index contributed by atoms with van der Waals surface area (Å²) in [4.78, 5) is 25.8. The van der Waals surface area contributed by atoms with Crippen LogP contribution in [0.2, 0.25) is 0 Å². The first-order valence-corrected chi connectivity index (χ1v) is 8.44. The molecule has 0 amide bonds. The molecule has 1 fully saturated rings. The number of Topliss-reactive ketones (excluding diaryl/α,β-unsaturated/α-hetero) is 2. The largest absolute Gasteiger partial charge is 0.376 e. The summed E-state index contributed by atoms with van der Waals surface area (Å²) in [7, 11) is 0. The lowest BCUT2D eigenvalue weighted by atomic mass is 9.67. The van der Waals surface area contributed by atoms with Crippen molar-refractivity contribution in [3.8, 4) is 0 Å². The predicted octanol–water partition coefficient (Wildman–Crippen LogP) is 3.76. The minimum absolute atomic E-state index is 0.0237. The average molecular weight is 322 g/mol. The van der Waals surface area contributed by atoms with Crippen LogP contribution >= 0.6 is 0 Å². The van der Waals surface area contributed by atoms with Crippen LogP contribution in [0, 0.1) is 11.8 Å². The van der Waals surface area contributed by atoms with E-state index in [0.29, 0.717) is 29.9 Å². The molecule has 2 aromatic carbocycles. The van der Waals surface area contributed by atoms with E-state index in [2.05, 4.69) is 0 Å². The molecular formula is C21H22O3. The topological polar surface area (TPSA) is 54.4 Å². The van der Waals surface area contributed by atoms with Crippen molar-refractivity contribution in [1.82, 2.24) is 0 Å². The first-order chi connectivity index (χ1) is 11.5. The fraction of sp³-hybridized carbons (Fsp3) is 0.333. The monoisotopic (exact) mass is 322 g/mol. The normalized spacial score (nSPS) is 23.5. The number of ketones is 2. The fourth-order valence-corrected chi connectivity index (χ4v) is 3.63. The molecule has 124 valence electrons. The first-order valence-electron chi connectivity index (χ1n) is 8.44. The Bertz CT molecular complexity index is 723. The summed E-state index contributed by atoms with van der Waals surface area (Å²) in [6, 6.07) is 17.6. The van der Waals surface area contributed by atoms with Crippen molar-refractivity contribution < 1.29 is 14.7 Å². The molecule has 3 nitrogen and oxygen atoms in total. The smallest absolute Gasteiger partial charge is 0.199 e. The molecule has 2 aromatic rings. The number of hydrogen-bond donors (Lipinski definition) is 1. The average Bonchev–Trinajstić information content (AvgIpc) is 2.62. The van der Waals surface area contributed by atoms with Crippen molar-refractivity contribution in [2.45, 2.75) is 31.8 Å². The quantitative estimate of drug-likeness (QED) is 0.872. The summed E-state index contributed by atoms with van der Waals surface area (Å²) < 4.78 is 0. The summed E-state index contributed by atoms with van der Waals surface area (Å²) >= 11 is 0. The van der Waals surface area contributed by atoms with E-state index in [4.69, 9.17) is 0 Å². The van der Waals surface area contributed by atoms with Crippen LogP contribution in [0.3, 0.4) is 0 Å². The summed E-state index contributed by atoms with van der Waals surface area (Å²) in [5.41, 5.74) is -0.887. The predicted molar refractivity (Wildman–Crippen MR) is 92.6 cm³/mol. The Morgan fingerprint density at radius 1 is 1.00 bits per heavy atom. The van der Waals surface area contributed by atoms with E-state index in [9.17, 15) is 14.7 Å². The molecule has 1 aliphatic rings. The molecule has 24 heavy (non-hydrogen) atoms. The van der Waals surface area contributed by atoms with Crippen LogP contribution in [0.1, 0.15) is 42.1 Å². The zero-order chi connectivity index (χ0) is 17.2. The second kappa shape index (κ2) is 6.70. The number of carbonyl (C=O) groups excluding carboxylic acids is 2. The Hall–Kier alpha value is -2.26.